The number of likely N-dealkylation sites (tertiary alicyclic amines) is 1. The SMILES string of the molecule is C=CC(=O)N1CCC[C@@H]([C@@H](Nc2ccc(-c3cc4c(N5CCOCC5)ncnc4[nH]3)cc2)C(F)(F)F)C1. The Hall–Kier alpha value is -3.60. The zero-order valence-corrected chi connectivity index (χ0v) is 20.3. The van der Waals surface area contributed by atoms with E-state index in [-0.39, 0.29) is 12.5 Å². The first-order valence-electron chi connectivity index (χ1n) is 12.3. The summed E-state index contributed by atoms with van der Waals surface area (Å²) in [6.07, 6.45) is -0.885. The molecule has 0 unspecified atom stereocenters. The van der Waals surface area contributed by atoms with Crippen LogP contribution in [-0.4, -0.2) is 77.4 Å². The molecular weight excluding hydrogens is 485 g/mol. The van der Waals surface area contributed by atoms with Gasteiger partial charge in [0, 0.05) is 43.5 Å². The number of piperidine rings is 1. The van der Waals surface area contributed by atoms with Crippen LogP contribution >= 0.6 is 0 Å². The van der Waals surface area contributed by atoms with Crippen LogP contribution in [0.1, 0.15) is 12.8 Å². The Bertz CT molecular complexity index is 1250. The van der Waals surface area contributed by atoms with Crippen molar-refractivity contribution in [3.8, 4) is 11.3 Å². The maximum Gasteiger partial charge on any atom is 0.408 e. The zero-order chi connectivity index (χ0) is 26.0. The molecule has 2 aliphatic rings. The average molecular weight is 515 g/mol. The Morgan fingerprint density at radius 2 is 1.95 bits per heavy atom. The molecule has 2 aliphatic heterocycles. The number of H-pyrrole nitrogens is 1. The van der Waals surface area contributed by atoms with Gasteiger partial charge in [0.25, 0.3) is 0 Å². The monoisotopic (exact) mass is 514 g/mol. The van der Waals surface area contributed by atoms with E-state index < -0.39 is 18.1 Å². The van der Waals surface area contributed by atoms with Crippen LogP contribution in [0.3, 0.4) is 0 Å². The molecular formula is C26H29F3N6O2. The van der Waals surface area contributed by atoms with Gasteiger partial charge in [-0.3, -0.25) is 4.79 Å². The predicted octanol–water partition coefficient (Wildman–Crippen LogP) is 4.23. The van der Waals surface area contributed by atoms with Gasteiger partial charge in [-0.15, -0.1) is 0 Å². The average Bonchev–Trinajstić information content (AvgIpc) is 3.36. The first-order chi connectivity index (χ1) is 17.8. The molecule has 2 saturated heterocycles. The number of nitrogens with one attached hydrogen (secondary N) is 2. The molecule has 3 aromatic rings. The van der Waals surface area contributed by atoms with Crippen molar-refractivity contribution in [1.82, 2.24) is 19.9 Å². The van der Waals surface area contributed by atoms with E-state index in [2.05, 4.69) is 31.7 Å². The van der Waals surface area contributed by atoms with Crippen molar-refractivity contribution in [2.75, 3.05) is 49.6 Å². The molecule has 8 nitrogen and oxygen atoms in total. The summed E-state index contributed by atoms with van der Waals surface area (Å²) in [5.41, 5.74) is 2.68. The summed E-state index contributed by atoms with van der Waals surface area (Å²) in [6.45, 7) is 6.71. The first kappa shape index (κ1) is 25.1. The highest BCUT2D eigenvalue weighted by Crippen LogP contribution is 2.35. The molecule has 2 fully saturated rings. The van der Waals surface area contributed by atoms with Crippen LogP contribution in [0.2, 0.25) is 0 Å². The zero-order valence-electron chi connectivity index (χ0n) is 20.3. The lowest BCUT2D eigenvalue weighted by atomic mass is 9.89. The van der Waals surface area contributed by atoms with Gasteiger partial charge >= 0.3 is 6.18 Å². The van der Waals surface area contributed by atoms with Gasteiger partial charge in [-0.1, -0.05) is 18.7 Å². The van der Waals surface area contributed by atoms with Gasteiger partial charge in [0.15, 0.2) is 0 Å². The largest absolute Gasteiger partial charge is 0.408 e. The summed E-state index contributed by atoms with van der Waals surface area (Å²) < 4.78 is 47.6. The Labute approximate surface area is 212 Å². The number of rotatable bonds is 6. The van der Waals surface area contributed by atoms with Crippen LogP contribution in [0, 0.1) is 5.92 Å². The number of nitrogens with zero attached hydrogens (tertiary/aromatic N) is 4. The van der Waals surface area contributed by atoms with Crippen LogP contribution < -0.4 is 10.2 Å². The van der Waals surface area contributed by atoms with E-state index in [4.69, 9.17) is 4.74 Å². The summed E-state index contributed by atoms with van der Waals surface area (Å²) in [5, 5.41) is 3.57. The van der Waals surface area contributed by atoms with Crippen molar-refractivity contribution in [2.24, 2.45) is 5.92 Å². The number of benzene rings is 1. The van der Waals surface area contributed by atoms with E-state index >= 15 is 0 Å². The number of fused-ring (bicyclic) bond motifs is 1. The minimum Gasteiger partial charge on any atom is -0.378 e. The molecule has 0 bridgehead atoms. The molecule has 0 aliphatic carbocycles. The summed E-state index contributed by atoms with van der Waals surface area (Å²) in [4.78, 5) is 27.7. The lowest BCUT2D eigenvalue weighted by Gasteiger charge is -2.38. The number of aromatic nitrogens is 3. The van der Waals surface area contributed by atoms with E-state index in [1.165, 1.54) is 11.2 Å². The lowest BCUT2D eigenvalue weighted by molar-refractivity contribution is -0.159. The van der Waals surface area contributed by atoms with Crippen molar-refractivity contribution < 1.29 is 22.7 Å². The number of carbonyl (C=O) groups is 1. The highest BCUT2D eigenvalue weighted by atomic mass is 19.4. The van der Waals surface area contributed by atoms with Gasteiger partial charge < -0.3 is 24.8 Å². The maximum absolute atomic E-state index is 14.0. The molecule has 0 radical (unpaired) electrons. The van der Waals surface area contributed by atoms with E-state index in [1.54, 1.807) is 24.3 Å². The van der Waals surface area contributed by atoms with Crippen LogP contribution in [0.25, 0.3) is 22.3 Å². The third-order valence-electron chi connectivity index (χ3n) is 7.00. The van der Waals surface area contributed by atoms with Gasteiger partial charge in [-0.2, -0.15) is 13.2 Å². The standard InChI is InChI=1S/C26H29F3N6O2/c1-2-22(36)35-9-3-4-18(15-35)23(26(27,28)29)32-19-7-5-17(6-8-19)21-14-20-24(33-21)30-16-31-25(20)34-10-12-37-13-11-34/h2,5-8,14,16,18,23,32H,1,3-4,9-13,15H2,(H,30,31,33)/t18-,23-/m1/s1. The number of amides is 1. The Morgan fingerprint density at radius 1 is 1.19 bits per heavy atom. The smallest absolute Gasteiger partial charge is 0.378 e. The molecule has 0 saturated carbocycles. The molecule has 11 heteroatoms. The van der Waals surface area contributed by atoms with Crippen LogP contribution in [0.5, 0.6) is 0 Å². The summed E-state index contributed by atoms with van der Waals surface area (Å²) >= 11 is 0. The number of aromatic amines is 1. The molecule has 5 rings (SSSR count). The number of alkyl halides is 3. The number of halogens is 3. The number of morpholine rings is 1. The van der Waals surface area contributed by atoms with Crippen molar-refractivity contribution in [3.63, 3.8) is 0 Å². The molecule has 196 valence electrons. The first-order valence-corrected chi connectivity index (χ1v) is 12.3. The van der Waals surface area contributed by atoms with Gasteiger partial charge in [0.1, 0.15) is 23.8 Å². The third kappa shape index (κ3) is 5.41. The number of anilines is 2. The molecule has 2 atom stereocenters. The predicted molar refractivity (Wildman–Crippen MR) is 135 cm³/mol. The Morgan fingerprint density at radius 3 is 2.65 bits per heavy atom. The van der Waals surface area contributed by atoms with E-state index in [1.807, 2.05) is 6.07 Å². The molecule has 37 heavy (non-hydrogen) atoms. The molecule has 1 aromatic carbocycles. The highest BCUT2D eigenvalue weighted by Gasteiger charge is 2.46. The maximum atomic E-state index is 14.0. The van der Waals surface area contributed by atoms with Crippen LogP contribution in [-0.2, 0) is 9.53 Å². The number of carbonyl (C=O) groups excluding carboxylic acids is 1. The molecule has 4 heterocycles. The molecule has 0 spiro atoms. The Kier molecular flexibility index (Phi) is 7.05. The summed E-state index contributed by atoms with van der Waals surface area (Å²) in [6, 6.07) is 7.04. The van der Waals surface area contributed by atoms with Gasteiger partial charge in [-0.05, 0) is 42.7 Å². The van der Waals surface area contributed by atoms with Crippen molar-refractivity contribution in [1.29, 1.82) is 0 Å². The van der Waals surface area contributed by atoms with Crippen molar-refractivity contribution in [3.05, 3.63) is 49.3 Å². The van der Waals surface area contributed by atoms with E-state index in [0.717, 1.165) is 41.6 Å². The minimum absolute atomic E-state index is 0.0433. The molecule has 2 N–H and O–H groups in total. The molecule has 1 amide bonds. The van der Waals surface area contributed by atoms with Crippen molar-refractivity contribution in [2.45, 2.75) is 25.1 Å². The second-order valence-corrected chi connectivity index (χ2v) is 9.37. The quantitative estimate of drug-likeness (QED) is 0.479. The van der Waals surface area contributed by atoms with Crippen LogP contribution in [0.15, 0.2) is 49.3 Å². The third-order valence-corrected chi connectivity index (χ3v) is 7.00. The second-order valence-electron chi connectivity index (χ2n) is 9.37. The minimum atomic E-state index is -4.46. The summed E-state index contributed by atoms with van der Waals surface area (Å²) in [5.74, 6) is -0.253. The van der Waals surface area contributed by atoms with E-state index in [0.29, 0.717) is 43.9 Å². The highest BCUT2D eigenvalue weighted by molar-refractivity contribution is 5.92. The fraction of sp³-hybridized carbons (Fsp3) is 0.423. The second kappa shape index (κ2) is 10.4. The fourth-order valence-electron chi connectivity index (χ4n) is 5.11. The van der Waals surface area contributed by atoms with Crippen molar-refractivity contribution >= 4 is 28.4 Å². The number of ether oxygens (including phenoxy) is 1. The molecule has 2 aromatic heterocycles. The van der Waals surface area contributed by atoms with Crippen LogP contribution in [0.4, 0.5) is 24.7 Å². The topological polar surface area (TPSA) is 86.4 Å². The van der Waals surface area contributed by atoms with Gasteiger partial charge in [-0.25, -0.2) is 9.97 Å². The van der Waals surface area contributed by atoms with Gasteiger partial charge in [0.2, 0.25) is 5.91 Å². The summed E-state index contributed by atoms with van der Waals surface area (Å²) in [7, 11) is 0. The van der Waals surface area contributed by atoms with Gasteiger partial charge in [0.05, 0.1) is 18.6 Å². The number of hydrogen-bond donors (Lipinski definition) is 2. The Balaban J connectivity index is 1.34. The number of hydrogen-bond acceptors (Lipinski definition) is 6. The lowest BCUT2D eigenvalue weighted by Crippen LogP contribution is -2.50. The fourth-order valence-corrected chi connectivity index (χ4v) is 5.11. The van der Waals surface area contributed by atoms with E-state index in [9.17, 15) is 18.0 Å². The normalized spacial score (nSPS) is 19.6.